The topological polar surface area (TPSA) is 49.7 Å². The minimum atomic E-state index is -0.125. The van der Waals surface area contributed by atoms with Crippen LogP contribution in [-0.4, -0.2) is 16.6 Å². The van der Waals surface area contributed by atoms with Crippen LogP contribution >= 0.6 is 0 Å². The van der Waals surface area contributed by atoms with Gasteiger partial charge in [-0.2, -0.15) is 0 Å². The molecular formula is C25H22IrNO2-. The van der Waals surface area contributed by atoms with E-state index < -0.39 is 0 Å². The minimum Gasteiger partial charge on any atom is -0.512 e. The fraction of sp³-hybridized carbons (Fsp3) is 0.120. The first-order valence-corrected chi connectivity index (χ1v) is 9.13. The number of benzene rings is 3. The molecule has 0 fully saturated rings. The van der Waals surface area contributed by atoms with Gasteiger partial charge in [-0.05, 0) is 36.8 Å². The molecule has 4 rings (SSSR count). The number of fused-ring (bicyclic) bond motifs is 1. The van der Waals surface area contributed by atoms with E-state index in [-0.39, 0.29) is 37.6 Å². The summed E-state index contributed by atoms with van der Waals surface area (Å²) in [7, 11) is 0. The Bertz CT molecular complexity index is 1010. The molecule has 3 aromatic carbocycles. The van der Waals surface area contributed by atoms with E-state index in [2.05, 4.69) is 60.7 Å². The van der Waals surface area contributed by atoms with Gasteiger partial charge in [0, 0.05) is 32.1 Å². The number of carbonyl (C=O) groups is 1. The quantitative estimate of drug-likeness (QED) is 0.251. The van der Waals surface area contributed by atoms with Gasteiger partial charge in [0.1, 0.15) is 0 Å². The summed E-state index contributed by atoms with van der Waals surface area (Å²) < 4.78 is 0. The Morgan fingerprint density at radius 1 is 0.966 bits per heavy atom. The molecule has 149 valence electrons. The van der Waals surface area contributed by atoms with Crippen LogP contribution in [0.3, 0.4) is 0 Å². The molecule has 0 spiro atoms. The molecule has 1 heterocycles. The molecule has 3 aromatic rings. The standard InChI is InChI=1S/C20H14N.C5H8O2.Ir/c1-3-9-15(10-4-1)19-17-13-7-8-14-18(17)21-20(19)16-11-5-2-6-12-16;1-4(6)3-5(2)7;/h1-11,13-14,19H;3,6H,1-2H3;/q-1;;/b;4-3-;. The molecule has 4 heteroatoms. The summed E-state index contributed by atoms with van der Waals surface area (Å²) in [6.07, 6.45) is 1.17. The van der Waals surface area contributed by atoms with E-state index in [0.717, 1.165) is 17.0 Å². The number of aliphatic hydroxyl groups excluding tert-OH is 1. The summed E-state index contributed by atoms with van der Waals surface area (Å²) in [5.74, 6) is 0.133. The van der Waals surface area contributed by atoms with E-state index >= 15 is 0 Å². The van der Waals surface area contributed by atoms with Crippen LogP contribution in [-0.2, 0) is 24.9 Å². The summed E-state index contributed by atoms with van der Waals surface area (Å²) in [4.78, 5) is 14.9. The van der Waals surface area contributed by atoms with Crippen LogP contribution in [0.1, 0.15) is 36.5 Å². The number of carbonyl (C=O) groups excluding carboxylic acids is 1. The zero-order chi connectivity index (χ0) is 19.9. The van der Waals surface area contributed by atoms with Gasteiger partial charge in [-0.3, -0.25) is 9.79 Å². The molecule has 3 nitrogen and oxygen atoms in total. The van der Waals surface area contributed by atoms with Crippen molar-refractivity contribution < 1.29 is 30.0 Å². The van der Waals surface area contributed by atoms with E-state index in [4.69, 9.17) is 10.1 Å². The van der Waals surface area contributed by atoms with Gasteiger partial charge in [0.2, 0.25) is 0 Å². The van der Waals surface area contributed by atoms with Crippen LogP contribution in [0.15, 0.2) is 95.7 Å². The Hall–Kier alpha value is -2.81. The summed E-state index contributed by atoms with van der Waals surface area (Å²) >= 11 is 0. The average molecular weight is 561 g/mol. The Kier molecular flexibility index (Phi) is 8.26. The minimum absolute atomic E-state index is 0. The van der Waals surface area contributed by atoms with Crippen LogP contribution in [0.5, 0.6) is 0 Å². The molecule has 0 amide bonds. The van der Waals surface area contributed by atoms with Crippen molar-refractivity contribution in [3.05, 3.63) is 113 Å². The molecule has 1 N–H and O–H groups in total. The molecule has 1 atom stereocenters. The van der Waals surface area contributed by atoms with Crippen molar-refractivity contribution in [2.75, 3.05) is 0 Å². The number of allylic oxidation sites excluding steroid dienone is 2. The first-order valence-electron chi connectivity index (χ1n) is 9.13. The molecule has 0 bridgehead atoms. The van der Waals surface area contributed by atoms with E-state index in [0.29, 0.717) is 0 Å². The first kappa shape index (κ1) is 22.5. The summed E-state index contributed by atoms with van der Waals surface area (Å²) in [5, 5.41) is 8.36. The third kappa shape index (κ3) is 5.83. The first-order chi connectivity index (χ1) is 13.6. The van der Waals surface area contributed by atoms with Crippen molar-refractivity contribution in [2.24, 2.45) is 4.99 Å². The van der Waals surface area contributed by atoms with Gasteiger partial charge in [-0.15, -0.1) is 35.9 Å². The maximum absolute atomic E-state index is 10.0. The predicted molar refractivity (Wildman–Crippen MR) is 113 cm³/mol. The Labute approximate surface area is 185 Å². The maximum Gasteiger partial charge on any atom is 0.155 e. The summed E-state index contributed by atoms with van der Waals surface area (Å²) in [6.45, 7) is 2.85. The van der Waals surface area contributed by atoms with E-state index in [1.807, 2.05) is 24.3 Å². The molecule has 0 aliphatic carbocycles. The molecule has 29 heavy (non-hydrogen) atoms. The number of hydrogen-bond acceptors (Lipinski definition) is 3. The van der Waals surface area contributed by atoms with Crippen LogP contribution in [0.2, 0.25) is 0 Å². The average Bonchev–Trinajstić information content (AvgIpc) is 3.08. The van der Waals surface area contributed by atoms with Crippen molar-refractivity contribution in [2.45, 2.75) is 19.8 Å². The van der Waals surface area contributed by atoms with Crippen LogP contribution in [0, 0.1) is 6.07 Å². The van der Waals surface area contributed by atoms with Gasteiger partial charge < -0.3 is 5.11 Å². The summed E-state index contributed by atoms with van der Waals surface area (Å²) in [6, 6.07) is 30.3. The van der Waals surface area contributed by atoms with Crippen molar-refractivity contribution in [1.29, 1.82) is 0 Å². The third-order valence-corrected chi connectivity index (χ3v) is 4.29. The van der Waals surface area contributed by atoms with E-state index in [1.54, 1.807) is 0 Å². The van der Waals surface area contributed by atoms with Crippen molar-refractivity contribution in [3.8, 4) is 0 Å². The van der Waals surface area contributed by atoms with Gasteiger partial charge in [-0.25, -0.2) is 0 Å². The summed E-state index contributed by atoms with van der Waals surface area (Å²) in [5.41, 5.74) is 5.78. The molecule has 0 saturated heterocycles. The Balaban J connectivity index is 0.000000327. The number of aliphatic imine (C=N–C) groups is 1. The number of para-hydroxylation sites is 1. The van der Waals surface area contributed by atoms with Crippen molar-refractivity contribution in [1.82, 2.24) is 0 Å². The zero-order valence-electron chi connectivity index (χ0n) is 16.3. The van der Waals surface area contributed by atoms with Gasteiger partial charge in [-0.1, -0.05) is 48.5 Å². The monoisotopic (exact) mass is 561 g/mol. The number of nitrogens with zero attached hydrogens (tertiary/aromatic N) is 1. The normalized spacial score (nSPS) is 14.6. The molecule has 1 unspecified atom stereocenters. The van der Waals surface area contributed by atoms with Gasteiger partial charge in [0.15, 0.2) is 5.78 Å². The van der Waals surface area contributed by atoms with E-state index in [1.165, 1.54) is 31.1 Å². The van der Waals surface area contributed by atoms with Crippen molar-refractivity contribution in [3.63, 3.8) is 0 Å². The van der Waals surface area contributed by atoms with Gasteiger partial charge >= 0.3 is 0 Å². The fourth-order valence-electron chi connectivity index (χ4n) is 3.22. The molecule has 1 aliphatic rings. The van der Waals surface area contributed by atoms with Crippen LogP contribution < -0.4 is 0 Å². The second kappa shape index (κ2) is 10.7. The second-order valence-corrected chi connectivity index (χ2v) is 6.57. The Morgan fingerprint density at radius 3 is 2.21 bits per heavy atom. The molecule has 0 saturated carbocycles. The van der Waals surface area contributed by atoms with Gasteiger partial charge in [0.05, 0.1) is 11.4 Å². The number of rotatable bonds is 3. The molecule has 0 aromatic heterocycles. The predicted octanol–water partition coefficient (Wildman–Crippen LogP) is 5.79. The van der Waals surface area contributed by atoms with Crippen LogP contribution in [0.25, 0.3) is 0 Å². The van der Waals surface area contributed by atoms with E-state index in [9.17, 15) is 4.79 Å². The van der Waals surface area contributed by atoms with Gasteiger partial charge in [0.25, 0.3) is 0 Å². The molecular weight excluding hydrogens is 538 g/mol. The largest absolute Gasteiger partial charge is 0.512 e. The zero-order valence-corrected chi connectivity index (χ0v) is 18.7. The smallest absolute Gasteiger partial charge is 0.155 e. The molecule has 1 radical (unpaired) electrons. The number of aliphatic hydroxyl groups is 1. The van der Waals surface area contributed by atoms with Crippen LogP contribution in [0.4, 0.5) is 5.69 Å². The second-order valence-electron chi connectivity index (χ2n) is 6.57. The fourth-order valence-corrected chi connectivity index (χ4v) is 3.22. The SMILES string of the molecule is CC(=O)/C=C(/C)O.[Ir].[c-]1ccccc1C1=Nc2ccccc2C1c1ccccc1. The number of hydrogen-bond donors (Lipinski definition) is 1. The number of ketones is 1. The maximum atomic E-state index is 10.0. The van der Waals surface area contributed by atoms with Crippen molar-refractivity contribution >= 4 is 17.2 Å². The Morgan fingerprint density at radius 2 is 1.62 bits per heavy atom. The third-order valence-electron chi connectivity index (χ3n) is 4.29. The molecule has 1 aliphatic heterocycles.